The number of methoxy groups -OCH3 is 1. The highest BCUT2D eigenvalue weighted by molar-refractivity contribution is 8.01. The van der Waals surface area contributed by atoms with Gasteiger partial charge in [0.05, 0.1) is 24.4 Å². The lowest BCUT2D eigenvalue weighted by Gasteiger charge is -2.37. The maximum absolute atomic E-state index is 12.6. The van der Waals surface area contributed by atoms with Crippen molar-refractivity contribution in [2.75, 3.05) is 55.9 Å². The minimum absolute atomic E-state index is 0.0706. The van der Waals surface area contributed by atoms with Gasteiger partial charge in [0.25, 0.3) is 0 Å². The number of carbonyl (C=O) groups excluding carboxylic acids is 1. The van der Waals surface area contributed by atoms with Crippen LogP contribution < -0.4 is 10.1 Å². The van der Waals surface area contributed by atoms with Crippen molar-refractivity contribution in [1.82, 2.24) is 20.0 Å². The number of benzene rings is 1. The molecule has 0 radical (unpaired) electrons. The number of ether oxygens (including phenoxy) is 1. The van der Waals surface area contributed by atoms with Crippen molar-refractivity contribution >= 4 is 49.7 Å². The zero-order valence-corrected chi connectivity index (χ0v) is 19.6. The fraction of sp³-hybridized carbons (Fsp3) is 0.526. The summed E-state index contributed by atoms with van der Waals surface area (Å²) >= 11 is 2.78. The average molecular weight is 484 g/mol. The summed E-state index contributed by atoms with van der Waals surface area (Å²) in [5, 5.41) is 12.1. The summed E-state index contributed by atoms with van der Waals surface area (Å²) in [7, 11) is -1.26. The average Bonchev–Trinajstić information content (AvgIpc) is 3.38. The molecule has 2 aromatic rings. The van der Waals surface area contributed by atoms with E-state index < -0.39 is 9.84 Å². The Labute approximate surface area is 190 Å². The topological polar surface area (TPSA) is 105 Å². The van der Waals surface area contributed by atoms with Gasteiger partial charge in [-0.1, -0.05) is 29.2 Å². The lowest BCUT2D eigenvalue weighted by Crippen LogP contribution is -2.52. The Balaban J connectivity index is 1.22. The number of nitrogens with zero attached hydrogens (tertiary/aromatic N) is 4. The lowest BCUT2D eigenvalue weighted by molar-refractivity contribution is -0.130. The zero-order valence-electron chi connectivity index (χ0n) is 17.2. The number of sulfone groups is 1. The Morgan fingerprint density at radius 3 is 2.81 bits per heavy atom. The van der Waals surface area contributed by atoms with E-state index in [1.54, 1.807) is 7.11 Å². The molecule has 3 heterocycles. The number of carbonyl (C=O) groups is 1. The smallest absolute Gasteiger partial charge is 0.233 e. The van der Waals surface area contributed by atoms with E-state index in [0.717, 1.165) is 28.9 Å². The second-order valence-electron chi connectivity index (χ2n) is 7.49. The van der Waals surface area contributed by atoms with Crippen LogP contribution in [0.1, 0.15) is 6.42 Å². The van der Waals surface area contributed by atoms with Gasteiger partial charge in [-0.2, -0.15) is 0 Å². The van der Waals surface area contributed by atoms with Crippen molar-refractivity contribution in [2.24, 2.45) is 0 Å². The maximum Gasteiger partial charge on any atom is 0.233 e. The minimum Gasteiger partial charge on any atom is -0.497 e. The summed E-state index contributed by atoms with van der Waals surface area (Å²) in [5.41, 5.74) is 0.857. The molecule has 9 nitrogen and oxygen atoms in total. The quantitative estimate of drug-likeness (QED) is 0.589. The van der Waals surface area contributed by atoms with E-state index in [4.69, 9.17) is 4.74 Å². The largest absolute Gasteiger partial charge is 0.497 e. The van der Waals surface area contributed by atoms with Gasteiger partial charge in [-0.05, 0) is 18.6 Å². The van der Waals surface area contributed by atoms with Crippen LogP contribution in [0, 0.1) is 0 Å². The highest BCUT2D eigenvalue weighted by Crippen LogP contribution is 2.29. The SMILES string of the molecule is COc1cccc(Nc2nnc(SCC(=O)N3CCN([C@@H]4CCS(=O)(=O)C4)CC3)s2)c1. The Hall–Kier alpha value is -1.89. The summed E-state index contributed by atoms with van der Waals surface area (Å²) in [5.74, 6) is 1.67. The number of rotatable bonds is 7. The highest BCUT2D eigenvalue weighted by Gasteiger charge is 2.34. The van der Waals surface area contributed by atoms with Gasteiger partial charge in [0.1, 0.15) is 5.75 Å². The first-order chi connectivity index (χ1) is 14.9. The molecular weight excluding hydrogens is 458 g/mol. The van der Waals surface area contributed by atoms with Gasteiger partial charge in [0.15, 0.2) is 14.2 Å². The van der Waals surface area contributed by atoms with Crippen LogP contribution in [0.25, 0.3) is 0 Å². The Kier molecular flexibility index (Phi) is 6.99. The van der Waals surface area contributed by atoms with Gasteiger partial charge in [-0.25, -0.2) is 8.42 Å². The molecule has 168 valence electrons. The molecule has 2 saturated heterocycles. The van der Waals surface area contributed by atoms with Gasteiger partial charge in [-0.3, -0.25) is 9.69 Å². The van der Waals surface area contributed by atoms with Crippen LogP contribution in [0.15, 0.2) is 28.6 Å². The molecule has 0 unspecified atom stereocenters. The second-order valence-corrected chi connectivity index (χ2v) is 11.9. The molecule has 0 saturated carbocycles. The third kappa shape index (κ3) is 5.88. The normalized spacial score (nSPS) is 21.2. The molecule has 2 fully saturated rings. The second kappa shape index (κ2) is 9.72. The molecule has 2 aliphatic rings. The zero-order chi connectivity index (χ0) is 21.8. The van der Waals surface area contributed by atoms with E-state index in [2.05, 4.69) is 20.4 Å². The summed E-state index contributed by atoms with van der Waals surface area (Å²) in [6.45, 7) is 2.72. The van der Waals surface area contributed by atoms with Crippen LogP contribution in [0.2, 0.25) is 0 Å². The van der Waals surface area contributed by atoms with Crippen molar-refractivity contribution in [2.45, 2.75) is 16.8 Å². The molecule has 1 atom stereocenters. The maximum atomic E-state index is 12.6. The van der Waals surface area contributed by atoms with Gasteiger partial charge >= 0.3 is 0 Å². The van der Waals surface area contributed by atoms with Crippen LogP contribution in [0.4, 0.5) is 10.8 Å². The molecule has 1 aromatic carbocycles. The molecule has 1 amide bonds. The van der Waals surface area contributed by atoms with E-state index in [1.807, 2.05) is 29.2 Å². The van der Waals surface area contributed by atoms with Crippen LogP contribution in [0.3, 0.4) is 0 Å². The number of anilines is 2. The third-order valence-electron chi connectivity index (χ3n) is 5.44. The van der Waals surface area contributed by atoms with E-state index in [0.29, 0.717) is 30.4 Å². The number of hydrogen-bond donors (Lipinski definition) is 1. The fourth-order valence-electron chi connectivity index (χ4n) is 3.76. The van der Waals surface area contributed by atoms with Crippen molar-refractivity contribution < 1.29 is 17.9 Å². The first-order valence-corrected chi connectivity index (χ1v) is 13.6. The molecule has 4 rings (SSSR count). The minimum atomic E-state index is -2.88. The standard InChI is InChI=1S/C19H25N5O4S3/c1-28-16-4-2-3-14(11-16)20-18-21-22-19(30-18)29-12-17(25)24-8-6-23(7-9-24)15-5-10-31(26,27)13-15/h2-4,11,15H,5-10,12-13H2,1H3,(H,20,21)/t15-/m1/s1. The van der Waals surface area contributed by atoms with Crippen molar-refractivity contribution in [3.8, 4) is 5.75 Å². The molecule has 1 aromatic heterocycles. The van der Waals surface area contributed by atoms with Crippen LogP contribution in [-0.2, 0) is 14.6 Å². The molecule has 1 N–H and O–H groups in total. The number of piperazine rings is 1. The fourth-order valence-corrected chi connectivity index (χ4v) is 7.19. The Morgan fingerprint density at radius 2 is 2.10 bits per heavy atom. The van der Waals surface area contributed by atoms with E-state index in [-0.39, 0.29) is 23.5 Å². The predicted octanol–water partition coefficient (Wildman–Crippen LogP) is 1.71. The first kappa shape index (κ1) is 22.3. The highest BCUT2D eigenvalue weighted by atomic mass is 32.2. The third-order valence-corrected chi connectivity index (χ3v) is 9.15. The van der Waals surface area contributed by atoms with Crippen molar-refractivity contribution in [3.63, 3.8) is 0 Å². The number of nitrogens with one attached hydrogen (secondary N) is 1. The Bertz CT molecular complexity index is 1020. The number of amides is 1. The molecule has 2 aliphatic heterocycles. The Morgan fingerprint density at radius 1 is 1.29 bits per heavy atom. The number of hydrogen-bond acceptors (Lipinski definition) is 10. The predicted molar refractivity (Wildman–Crippen MR) is 122 cm³/mol. The summed E-state index contributed by atoms with van der Waals surface area (Å²) in [6, 6.07) is 7.66. The summed E-state index contributed by atoms with van der Waals surface area (Å²) in [6.07, 6.45) is 0.704. The summed E-state index contributed by atoms with van der Waals surface area (Å²) < 4.78 is 29.3. The molecule has 31 heavy (non-hydrogen) atoms. The van der Waals surface area contributed by atoms with E-state index >= 15 is 0 Å². The molecule has 0 aliphatic carbocycles. The van der Waals surface area contributed by atoms with Gasteiger partial charge in [0, 0.05) is 44.0 Å². The molecule has 0 bridgehead atoms. The first-order valence-electron chi connectivity index (χ1n) is 10.0. The number of thioether (sulfide) groups is 1. The molecule has 12 heteroatoms. The van der Waals surface area contributed by atoms with E-state index in [1.165, 1.54) is 23.1 Å². The molecule has 0 spiro atoms. The van der Waals surface area contributed by atoms with Crippen LogP contribution in [-0.4, -0.2) is 90.9 Å². The van der Waals surface area contributed by atoms with Crippen molar-refractivity contribution in [1.29, 1.82) is 0 Å². The van der Waals surface area contributed by atoms with E-state index in [9.17, 15) is 13.2 Å². The van der Waals surface area contributed by atoms with Crippen LogP contribution >= 0.6 is 23.1 Å². The molecular formula is C19H25N5O4S3. The lowest BCUT2D eigenvalue weighted by atomic mass is 10.2. The van der Waals surface area contributed by atoms with Gasteiger partial charge < -0.3 is 15.0 Å². The number of aromatic nitrogens is 2. The van der Waals surface area contributed by atoms with Crippen molar-refractivity contribution in [3.05, 3.63) is 24.3 Å². The van der Waals surface area contributed by atoms with Crippen LogP contribution in [0.5, 0.6) is 5.75 Å². The van der Waals surface area contributed by atoms with Gasteiger partial charge in [-0.15, -0.1) is 10.2 Å². The van der Waals surface area contributed by atoms with Gasteiger partial charge in [0.2, 0.25) is 11.0 Å². The monoisotopic (exact) mass is 483 g/mol. The summed E-state index contributed by atoms with van der Waals surface area (Å²) in [4.78, 5) is 16.7.